The number of ether oxygens (including phenoxy) is 2. The van der Waals surface area contributed by atoms with Crippen molar-refractivity contribution in [3.05, 3.63) is 45.9 Å². The number of carbonyl (C=O) groups is 1. The van der Waals surface area contributed by atoms with Crippen LogP contribution < -0.4 is 14.8 Å². The van der Waals surface area contributed by atoms with Crippen LogP contribution in [0, 0.1) is 5.82 Å². The lowest BCUT2D eigenvalue weighted by Crippen LogP contribution is -2.28. The minimum atomic E-state index is -0.465. The lowest BCUT2D eigenvalue weighted by molar-refractivity contribution is -0.121. The largest absolute Gasteiger partial charge is 0.493 e. The second kappa shape index (κ2) is 7.26. The summed E-state index contributed by atoms with van der Waals surface area (Å²) in [5, 5.41) is 4.71. The Labute approximate surface area is 132 Å². The molecule has 0 aliphatic carbocycles. The monoisotopic (exact) mass is 323 g/mol. The van der Waals surface area contributed by atoms with E-state index in [2.05, 4.69) is 5.32 Å². The van der Waals surface area contributed by atoms with E-state index in [4.69, 9.17) is 9.47 Å². The van der Waals surface area contributed by atoms with Crippen LogP contribution in [0.5, 0.6) is 11.5 Å². The van der Waals surface area contributed by atoms with Crippen LogP contribution >= 0.6 is 11.3 Å². The summed E-state index contributed by atoms with van der Waals surface area (Å²) in [6.45, 7) is 1.73. The van der Waals surface area contributed by atoms with E-state index in [0.717, 1.165) is 4.88 Å². The molecule has 1 N–H and O–H groups in total. The molecule has 0 aliphatic heterocycles. The minimum Gasteiger partial charge on any atom is -0.493 e. The van der Waals surface area contributed by atoms with Crippen molar-refractivity contribution in [3.8, 4) is 11.5 Å². The second-order valence-corrected chi connectivity index (χ2v) is 5.81. The molecule has 0 radical (unpaired) electrons. The fourth-order valence-electron chi connectivity index (χ4n) is 2.14. The molecule has 2 aromatic rings. The fraction of sp³-hybridized carbons (Fsp3) is 0.312. The lowest BCUT2D eigenvalue weighted by Gasteiger charge is -2.17. The molecule has 0 saturated heterocycles. The Bertz CT molecular complexity index is 643. The van der Waals surface area contributed by atoms with Crippen LogP contribution in [0.15, 0.2) is 29.6 Å². The maximum Gasteiger partial charge on any atom is 0.225 e. The van der Waals surface area contributed by atoms with Crippen LogP contribution in [0.4, 0.5) is 4.39 Å². The summed E-state index contributed by atoms with van der Waals surface area (Å²) in [7, 11) is 2.93. The van der Waals surface area contributed by atoms with Crippen molar-refractivity contribution < 1.29 is 18.7 Å². The van der Waals surface area contributed by atoms with Crippen LogP contribution in [-0.2, 0) is 11.2 Å². The summed E-state index contributed by atoms with van der Waals surface area (Å²) in [6.07, 6.45) is 0.289. The fourth-order valence-corrected chi connectivity index (χ4v) is 2.85. The molecule has 0 fully saturated rings. The molecule has 1 aromatic carbocycles. The number of amides is 1. The van der Waals surface area contributed by atoms with Crippen LogP contribution in [0.2, 0.25) is 0 Å². The highest BCUT2D eigenvalue weighted by Gasteiger charge is 2.18. The van der Waals surface area contributed by atoms with E-state index in [1.54, 1.807) is 13.0 Å². The van der Waals surface area contributed by atoms with Gasteiger partial charge in [0.2, 0.25) is 5.91 Å². The van der Waals surface area contributed by atoms with Gasteiger partial charge in [0.15, 0.2) is 11.5 Å². The van der Waals surface area contributed by atoms with E-state index in [1.165, 1.54) is 31.6 Å². The molecule has 1 atom stereocenters. The summed E-state index contributed by atoms with van der Waals surface area (Å²) in [5.74, 6) is 0.157. The maximum atomic E-state index is 14.1. The molecule has 0 spiro atoms. The first kappa shape index (κ1) is 16.3. The number of benzene rings is 1. The minimum absolute atomic E-state index is 0.149. The van der Waals surface area contributed by atoms with Crippen molar-refractivity contribution in [2.24, 2.45) is 0 Å². The van der Waals surface area contributed by atoms with Crippen LogP contribution in [-0.4, -0.2) is 20.1 Å². The molecule has 6 heteroatoms. The first-order valence-electron chi connectivity index (χ1n) is 6.78. The Morgan fingerprint density at radius 3 is 2.59 bits per heavy atom. The zero-order valence-corrected chi connectivity index (χ0v) is 13.5. The predicted octanol–water partition coefficient (Wildman–Crippen LogP) is 3.32. The van der Waals surface area contributed by atoms with Crippen LogP contribution in [0.1, 0.15) is 23.4 Å². The first-order valence-corrected chi connectivity index (χ1v) is 7.66. The van der Waals surface area contributed by atoms with Gasteiger partial charge in [0.05, 0.1) is 26.7 Å². The number of methoxy groups -OCH3 is 2. The second-order valence-electron chi connectivity index (χ2n) is 4.77. The summed E-state index contributed by atoms with van der Waals surface area (Å²) in [5.41, 5.74) is 0.358. The first-order chi connectivity index (χ1) is 10.5. The Morgan fingerprint density at radius 2 is 2.00 bits per heavy atom. The van der Waals surface area contributed by atoms with Crippen LogP contribution in [0.25, 0.3) is 0 Å². The predicted molar refractivity (Wildman–Crippen MR) is 84.1 cm³/mol. The quantitative estimate of drug-likeness (QED) is 0.887. The summed E-state index contributed by atoms with van der Waals surface area (Å²) >= 11 is 1.52. The van der Waals surface area contributed by atoms with Gasteiger partial charge in [-0.05, 0) is 24.4 Å². The SMILES string of the molecule is COc1cc(F)c([C@H](C)NC(=O)Cc2cccs2)cc1OC. The highest BCUT2D eigenvalue weighted by Crippen LogP contribution is 2.32. The van der Waals surface area contributed by atoms with Crippen molar-refractivity contribution in [1.82, 2.24) is 5.32 Å². The molecular formula is C16H18FNO3S. The third-order valence-electron chi connectivity index (χ3n) is 3.26. The van der Waals surface area contributed by atoms with Gasteiger partial charge in [-0.2, -0.15) is 0 Å². The Morgan fingerprint density at radius 1 is 1.32 bits per heavy atom. The highest BCUT2D eigenvalue weighted by molar-refractivity contribution is 7.10. The molecular weight excluding hydrogens is 305 g/mol. The molecule has 1 aromatic heterocycles. The van der Waals surface area contributed by atoms with Gasteiger partial charge in [-0.25, -0.2) is 4.39 Å². The third-order valence-corrected chi connectivity index (χ3v) is 4.14. The number of carbonyl (C=O) groups excluding carboxylic acids is 1. The third kappa shape index (κ3) is 3.76. The van der Waals surface area contributed by atoms with Gasteiger partial charge >= 0.3 is 0 Å². The number of nitrogens with one attached hydrogen (secondary N) is 1. The zero-order valence-electron chi connectivity index (χ0n) is 12.7. The molecule has 1 amide bonds. The molecule has 0 unspecified atom stereocenters. The Kier molecular flexibility index (Phi) is 5.38. The normalized spacial score (nSPS) is 11.8. The van der Waals surface area contributed by atoms with Gasteiger partial charge in [-0.15, -0.1) is 11.3 Å². The average molecular weight is 323 g/mol. The number of thiophene rings is 1. The molecule has 118 valence electrons. The Hall–Kier alpha value is -2.08. The topological polar surface area (TPSA) is 47.6 Å². The van der Waals surface area contributed by atoms with E-state index < -0.39 is 11.9 Å². The summed E-state index contributed by atoms with van der Waals surface area (Å²) in [6, 6.07) is 6.13. The molecule has 2 rings (SSSR count). The zero-order chi connectivity index (χ0) is 16.1. The van der Waals surface area contributed by atoms with Crippen LogP contribution in [0.3, 0.4) is 0 Å². The molecule has 1 heterocycles. The maximum absolute atomic E-state index is 14.1. The van der Waals surface area contributed by atoms with Gasteiger partial charge in [0.1, 0.15) is 5.82 Å². The van der Waals surface area contributed by atoms with E-state index in [1.807, 2.05) is 17.5 Å². The van der Waals surface area contributed by atoms with E-state index >= 15 is 0 Å². The smallest absolute Gasteiger partial charge is 0.225 e. The number of rotatable bonds is 6. The summed E-state index contributed by atoms with van der Waals surface area (Å²) in [4.78, 5) is 13.0. The molecule has 0 bridgehead atoms. The van der Waals surface area contributed by atoms with E-state index in [9.17, 15) is 9.18 Å². The number of hydrogen-bond donors (Lipinski definition) is 1. The van der Waals surface area contributed by atoms with Gasteiger partial charge in [0.25, 0.3) is 0 Å². The van der Waals surface area contributed by atoms with E-state index in [0.29, 0.717) is 17.1 Å². The van der Waals surface area contributed by atoms with Crippen molar-refractivity contribution >= 4 is 17.2 Å². The summed E-state index contributed by atoms with van der Waals surface area (Å²) < 4.78 is 24.4. The molecule has 22 heavy (non-hydrogen) atoms. The standard InChI is InChI=1S/C16H18FNO3S/c1-10(18-16(19)7-11-5-4-6-22-11)12-8-14(20-2)15(21-3)9-13(12)17/h4-6,8-10H,7H2,1-3H3,(H,18,19)/t10-/m0/s1. The van der Waals surface area contributed by atoms with Gasteiger partial charge in [-0.3, -0.25) is 4.79 Å². The molecule has 0 aliphatic rings. The average Bonchev–Trinajstić information content (AvgIpc) is 2.99. The van der Waals surface area contributed by atoms with Gasteiger partial charge in [0, 0.05) is 16.5 Å². The number of halogens is 1. The van der Waals surface area contributed by atoms with Crippen molar-refractivity contribution in [1.29, 1.82) is 0 Å². The van der Waals surface area contributed by atoms with Crippen molar-refractivity contribution in [3.63, 3.8) is 0 Å². The molecule has 4 nitrogen and oxygen atoms in total. The van der Waals surface area contributed by atoms with E-state index in [-0.39, 0.29) is 12.3 Å². The van der Waals surface area contributed by atoms with Gasteiger partial charge in [-0.1, -0.05) is 6.07 Å². The number of hydrogen-bond acceptors (Lipinski definition) is 4. The van der Waals surface area contributed by atoms with Crippen molar-refractivity contribution in [2.45, 2.75) is 19.4 Å². The van der Waals surface area contributed by atoms with Crippen molar-refractivity contribution in [2.75, 3.05) is 14.2 Å². The highest BCUT2D eigenvalue weighted by atomic mass is 32.1. The van der Waals surface area contributed by atoms with Gasteiger partial charge < -0.3 is 14.8 Å². The molecule has 0 saturated carbocycles. The Balaban J connectivity index is 2.11. The lowest BCUT2D eigenvalue weighted by atomic mass is 10.1.